The van der Waals surface area contributed by atoms with E-state index in [1.165, 1.54) is 18.4 Å². The Kier molecular flexibility index (Phi) is 2.93. The van der Waals surface area contributed by atoms with Gasteiger partial charge in [0.25, 0.3) is 0 Å². The fraction of sp³-hybridized carbons (Fsp3) is 0.667. The van der Waals surface area contributed by atoms with E-state index in [9.17, 15) is 15.0 Å². The quantitative estimate of drug-likeness (QED) is 0.856. The van der Waals surface area contributed by atoms with Gasteiger partial charge in [-0.3, -0.25) is 9.69 Å². The molecule has 2 heterocycles. The van der Waals surface area contributed by atoms with Crippen LogP contribution in [0.25, 0.3) is 0 Å². The molecule has 1 saturated heterocycles. The average Bonchev–Trinajstić information content (AvgIpc) is 3.37. The van der Waals surface area contributed by atoms with E-state index in [4.69, 9.17) is 4.74 Å². The van der Waals surface area contributed by atoms with Crippen molar-refractivity contribution in [3.05, 3.63) is 28.8 Å². The van der Waals surface area contributed by atoms with Crippen LogP contribution in [0.1, 0.15) is 48.8 Å². The number of nitrogens with zero attached hydrogens (tertiary/aromatic N) is 1. The van der Waals surface area contributed by atoms with Crippen molar-refractivity contribution < 1.29 is 19.7 Å². The molecule has 1 aromatic carbocycles. The zero-order valence-corrected chi connectivity index (χ0v) is 14.9. The second-order valence-electron chi connectivity index (χ2n) is 9.01. The molecule has 2 bridgehead atoms. The number of piperidine rings is 1. The zero-order chi connectivity index (χ0) is 17.7. The summed E-state index contributed by atoms with van der Waals surface area (Å²) in [4.78, 5) is 15.3. The SMILES string of the molecule is O=C1CCC2(O)C3Cc4ccc(CO)c5c4C2(CCN3CC2CC2)C1O5. The van der Waals surface area contributed by atoms with Crippen LogP contribution in [0.3, 0.4) is 0 Å². The Hall–Kier alpha value is -1.43. The molecule has 4 atom stereocenters. The minimum Gasteiger partial charge on any atom is -0.481 e. The fourth-order valence-corrected chi connectivity index (χ4v) is 6.46. The Morgan fingerprint density at radius 2 is 2.12 bits per heavy atom. The summed E-state index contributed by atoms with van der Waals surface area (Å²) in [6.45, 7) is 1.88. The van der Waals surface area contributed by atoms with Crippen LogP contribution in [0.15, 0.2) is 12.1 Å². The van der Waals surface area contributed by atoms with E-state index < -0.39 is 17.1 Å². The molecule has 3 aliphatic carbocycles. The molecule has 5 aliphatic rings. The first-order valence-electron chi connectivity index (χ1n) is 10.0. The highest BCUT2D eigenvalue weighted by molar-refractivity contribution is 5.89. The van der Waals surface area contributed by atoms with Gasteiger partial charge in [0, 0.05) is 30.1 Å². The summed E-state index contributed by atoms with van der Waals surface area (Å²) in [7, 11) is 0. The molecule has 5 nitrogen and oxygen atoms in total. The van der Waals surface area contributed by atoms with E-state index in [0.29, 0.717) is 18.6 Å². The Balaban J connectivity index is 1.57. The van der Waals surface area contributed by atoms with Gasteiger partial charge in [-0.2, -0.15) is 0 Å². The second kappa shape index (κ2) is 4.89. The Bertz CT molecular complexity index is 818. The van der Waals surface area contributed by atoms with E-state index in [-0.39, 0.29) is 18.4 Å². The summed E-state index contributed by atoms with van der Waals surface area (Å²) >= 11 is 0. The summed E-state index contributed by atoms with van der Waals surface area (Å²) in [5.74, 6) is 1.57. The summed E-state index contributed by atoms with van der Waals surface area (Å²) < 4.78 is 6.22. The normalized spacial score (nSPS) is 40.3. The smallest absolute Gasteiger partial charge is 0.174 e. The first-order valence-corrected chi connectivity index (χ1v) is 10.0. The van der Waals surface area contributed by atoms with Crippen LogP contribution < -0.4 is 4.74 Å². The molecule has 26 heavy (non-hydrogen) atoms. The maximum absolute atomic E-state index is 12.8. The van der Waals surface area contributed by atoms with Gasteiger partial charge in [-0.05, 0) is 50.1 Å². The van der Waals surface area contributed by atoms with Gasteiger partial charge in [-0.25, -0.2) is 0 Å². The largest absolute Gasteiger partial charge is 0.481 e. The molecule has 4 unspecified atom stereocenters. The number of ether oxygens (including phenoxy) is 1. The molecule has 1 spiro atoms. The predicted octanol–water partition coefficient (Wildman–Crippen LogP) is 1.31. The first-order chi connectivity index (χ1) is 12.6. The number of aliphatic hydroxyl groups is 2. The van der Waals surface area contributed by atoms with Gasteiger partial charge in [0.2, 0.25) is 0 Å². The molecule has 138 valence electrons. The second-order valence-corrected chi connectivity index (χ2v) is 9.01. The fourth-order valence-electron chi connectivity index (χ4n) is 6.46. The molecular weight excluding hydrogens is 330 g/mol. The molecule has 1 aromatic rings. The summed E-state index contributed by atoms with van der Waals surface area (Å²) in [6.07, 6.45) is 4.50. The van der Waals surface area contributed by atoms with Crippen molar-refractivity contribution in [2.45, 2.75) is 68.3 Å². The number of aliphatic hydroxyl groups excluding tert-OH is 1. The third-order valence-electron chi connectivity index (χ3n) is 7.83. The lowest BCUT2D eigenvalue weighted by Gasteiger charge is -2.62. The number of carbonyl (C=O) groups excluding carboxylic acids is 1. The lowest BCUT2D eigenvalue weighted by atomic mass is 9.49. The van der Waals surface area contributed by atoms with Crippen molar-refractivity contribution in [1.82, 2.24) is 4.90 Å². The van der Waals surface area contributed by atoms with Gasteiger partial charge >= 0.3 is 0 Å². The Morgan fingerprint density at radius 1 is 1.27 bits per heavy atom. The molecule has 5 heteroatoms. The summed E-state index contributed by atoms with van der Waals surface area (Å²) in [6, 6.07) is 4.08. The van der Waals surface area contributed by atoms with Crippen LogP contribution in [-0.4, -0.2) is 51.7 Å². The lowest BCUT2D eigenvalue weighted by Crippen LogP contribution is -2.76. The third kappa shape index (κ3) is 1.66. The number of ketones is 1. The number of benzene rings is 1. The number of rotatable bonds is 3. The third-order valence-corrected chi connectivity index (χ3v) is 7.83. The first kappa shape index (κ1) is 15.6. The highest BCUT2D eigenvalue weighted by atomic mass is 16.5. The highest BCUT2D eigenvalue weighted by Crippen LogP contribution is 2.64. The van der Waals surface area contributed by atoms with Crippen LogP contribution >= 0.6 is 0 Å². The summed E-state index contributed by atoms with van der Waals surface area (Å²) in [5, 5.41) is 21.8. The number of Topliss-reactive ketones (excluding diaryl/α,β-unsaturated/α-hetero) is 1. The van der Waals surface area contributed by atoms with E-state index >= 15 is 0 Å². The van der Waals surface area contributed by atoms with Crippen molar-refractivity contribution in [1.29, 1.82) is 0 Å². The molecule has 0 aromatic heterocycles. The zero-order valence-electron chi connectivity index (χ0n) is 14.9. The molecular formula is C21H25NO4. The van der Waals surface area contributed by atoms with Crippen LogP contribution in [-0.2, 0) is 23.2 Å². The predicted molar refractivity (Wildman–Crippen MR) is 94.1 cm³/mol. The van der Waals surface area contributed by atoms with Gasteiger partial charge in [0.05, 0.1) is 17.6 Å². The van der Waals surface area contributed by atoms with Crippen molar-refractivity contribution >= 4 is 5.78 Å². The number of likely N-dealkylation sites (tertiary alicyclic amines) is 1. The van der Waals surface area contributed by atoms with Crippen molar-refractivity contribution in [3.8, 4) is 5.75 Å². The van der Waals surface area contributed by atoms with Crippen molar-refractivity contribution in [2.75, 3.05) is 13.1 Å². The van der Waals surface area contributed by atoms with Gasteiger partial charge in [0.1, 0.15) is 5.75 Å². The minimum atomic E-state index is -0.912. The van der Waals surface area contributed by atoms with Crippen LogP contribution in [0.4, 0.5) is 0 Å². The van der Waals surface area contributed by atoms with Crippen molar-refractivity contribution in [3.63, 3.8) is 0 Å². The van der Waals surface area contributed by atoms with Gasteiger partial charge in [0.15, 0.2) is 11.9 Å². The molecule has 2 N–H and O–H groups in total. The van der Waals surface area contributed by atoms with Crippen LogP contribution in [0.5, 0.6) is 5.75 Å². The Morgan fingerprint density at radius 3 is 2.88 bits per heavy atom. The Labute approximate surface area is 152 Å². The van der Waals surface area contributed by atoms with E-state index in [0.717, 1.165) is 43.0 Å². The topological polar surface area (TPSA) is 70.0 Å². The average molecular weight is 355 g/mol. The van der Waals surface area contributed by atoms with Gasteiger partial charge in [-0.1, -0.05) is 12.1 Å². The number of hydrogen-bond donors (Lipinski definition) is 2. The van der Waals surface area contributed by atoms with Crippen molar-refractivity contribution in [2.24, 2.45) is 5.92 Å². The molecule has 2 aliphatic heterocycles. The monoisotopic (exact) mass is 355 g/mol. The molecule has 2 saturated carbocycles. The number of carbonyl (C=O) groups is 1. The van der Waals surface area contributed by atoms with Crippen LogP contribution in [0, 0.1) is 5.92 Å². The maximum Gasteiger partial charge on any atom is 0.174 e. The highest BCUT2D eigenvalue weighted by Gasteiger charge is 2.73. The van der Waals surface area contributed by atoms with Gasteiger partial charge in [-0.15, -0.1) is 0 Å². The standard InChI is InChI=1S/C21H25NO4/c23-11-14-4-3-13-9-16-21(25)6-5-15(24)19-20(21,17(13)18(14)26-19)7-8-22(16)10-12-1-2-12/h3-4,12,16,19,23,25H,1-2,5-11H2. The molecule has 0 radical (unpaired) electrons. The van der Waals surface area contributed by atoms with Gasteiger partial charge < -0.3 is 14.9 Å². The summed E-state index contributed by atoms with van der Waals surface area (Å²) in [5.41, 5.74) is 1.43. The van der Waals surface area contributed by atoms with E-state index in [1.54, 1.807) is 0 Å². The van der Waals surface area contributed by atoms with Crippen LogP contribution in [0.2, 0.25) is 0 Å². The van der Waals surface area contributed by atoms with E-state index in [1.807, 2.05) is 6.07 Å². The van der Waals surface area contributed by atoms with E-state index in [2.05, 4.69) is 11.0 Å². The molecule has 6 rings (SSSR count). The molecule has 3 fully saturated rings. The minimum absolute atomic E-state index is 0.0643. The maximum atomic E-state index is 12.8. The lowest BCUT2D eigenvalue weighted by molar-refractivity contribution is -0.188. The molecule has 0 amide bonds. The number of hydrogen-bond acceptors (Lipinski definition) is 5.